The molecule has 2 aliphatic heterocycles. The van der Waals surface area contributed by atoms with E-state index in [1.807, 2.05) is 36.6 Å². The normalized spacial score (nSPS) is 18.5. The fourth-order valence-electron chi connectivity index (χ4n) is 6.04. The number of amides is 1. The highest BCUT2D eigenvalue weighted by atomic mass is 31.2. The third-order valence-corrected chi connectivity index (χ3v) is 8.31. The summed E-state index contributed by atoms with van der Waals surface area (Å²) in [6.07, 6.45) is 3.51. The van der Waals surface area contributed by atoms with Gasteiger partial charge in [-0.25, -0.2) is 19.5 Å². The number of alkyl halides is 2. The minimum atomic E-state index is -4.78. The SMILES string of the molecule is CC(C)N1C(=O)c2cccc(OC(F)F)c2[C@H]2C[C@@H]1c1nc3ccc(-c4cnc(C(C)(C)OP(=O)(O)O)nc4)cc3n12. The Morgan fingerprint density at radius 3 is 2.43 bits per heavy atom. The fourth-order valence-corrected chi connectivity index (χ4v) is 6.71. The van der Waals surface area contributed by atoms with Crippen molar-refractivity contribution in [2.75, 3.05) is 0 Å². The van der Waals surface area contributed by atoms with E-state index in [9.17, 15) is 27.9 Å². The average Bonchev–Trinajstić information content (AvgIpc) is 3.40. The standard InChI is InChI=1S/C28H28F2N5O6P/c1-14(2)34-21-11-20(23-17(25(34)36)6-5-7-22(23)40-27(29)30)35-19-10-15(8-9-18(19)33-24(21)35)16-12-31-26(32-13-16)28(3,4)41-42(37,38)39/h5-10,12-14,20-21,27H,11H2,1-4H3,(H2,37,38,39)/t20-,21-/m1/s1. The van der Waals surface area contributed by atoms with Crippen LogP contribution in [0, 0.1) is 0 Å². The van der Waals surface area contributed by atoms with Crippen LogP contribution in [0.15, 0.2) is 48.8 Å². The molecule has 6 rings (SSSR count). The number of hydrogen-bond donors (Lipinski definition) is 2. The molecule has 2 N–H and O–H groups in total. The highest BCUT2D eigenvalue weighted by Crippen LogP contribution is 2.51. The topological polar surface area (TPSA) is 140 Å². The van der Waals surface area contributed by atoms with E-state index in [4.69, 9.17) is 14.2 Å². The van der Waals surface area contributed by atoms with Crippen molar-refractivity contribution in [1.82, 2.24) is 24.4 Å². The number of fused-ring (bicyclic) bond motifs is 9. The maximum Gasteiger partial charge on any atom is 0.470 e. The van der Waals surface area contributed by atoms with Crippen molar-refractivity contribution in [3.05, 3.63) is 71.6 Å². The summed E-state index contributed by atoms with van der Waals surface area (Å²) in [4.78, 5) is 47.4. The first-order valence-corrected chi connectivity index (χ1v) is 14.8. The molecular weight excluding hydrogens is 571 g/mol. The van der Waals surface area contributed by atoms with Crippen LogP contribution in [-0.4, -0.2) is 52.8 Å². The van der Waals surface area contributed by atoms with E-state index in [2.05, 4.69) is 9.97 Å². The molecule has 14 heteroatoms. The first-order chi connectivity index (χ1) is 19.7. The molecule has 0 radical (unpaired) electrons. The number of carbonyl (C=O) groups is 1. The number of imidazole rings is 1. The van der Waals surface area contributed by atoms with Crippen LogP contribution in [0.3, 0.4) is 0 Å². The smallest absolute Gasteiger partial charge is 0.434 e. The third kappa shape index (κ3) is 4.76. The monoisotopic (exact) mass is 599 g/mol. The first kappa shape index (κ1) is 28.4. The molecule has 2 bridgehead atoms. The second-order valence-electron chi connectivity index (χ2n) is 11.1. The van der Waals surface area contributed by atoms with Gasteiger partial charge < -0.3 is 24.0 Å². The molecule has 2 aromatic heterocycles. The molecule has 2 atom stereocenters. The number of nitrogens with zero attached hydrogens (tertiary/aromatic N) is 5. The van der Waals surface area contributed by atoms with Gasteiger partial charge in [-0.15, -0.1) is 0 Å². The van der Waals surface area contributed by atoms with E-state index in [1.54, 1.807) is 17.0 Å². The van der Waals surface area contributed by atoms with E-state index >= 15 is 0 Å². The molecule has 220 valence electrons. The number of aromatic nitrogens is 4. The van der Waals surface area contributed by atoms with Gasteiger partial charge in [-0.3, -0.25) is 9.32 Å². The molecule has 0 saturated carbocycles. The zero-order chi connectivity index (χ0) is 30.1. The average molecular weight is 600 g/mol. The summed E-state index contributed by atoms with van der Waals surface area (Å²) >= 11 is 0. The van der Waals surface area contributed by atoms with Gasteiger partial charge in [0.2, 0.25) is 0 Å². The van der Waals surface area contributed by atoms with Crippen LogP contribution in [0.5, 0.6) is 5.75 Å². The first-order valence-electron chi connectivity index (χ1n) is 13.3. The Bertz CT molecular complexity index is 1750. The van der Waals surface area contributed by atoms with Gasteiger partial charge in [0, 0.05) is 41.5 Å². The van der Waals surface area contributed by atoms with Gasteiger partial charge in [0.25, 0.3) is 5.91 Å². The van der Waals surface area contributed by atoms with Gasteiger partial charge in [-0.05, 0) is 57.5 Å². The lowest BCUT2D eigenvalue weighted by atomic mass is 9.97. The summed E-state index contributed by atoms with van der Waals surface area (Å²) in [6, 6.07) is 9.20. The number of phosphoric ester groups is 1. The van der Waals surface area contributed by atoms with E-state index in [0.29, 0.717) is 34.5 Å². The zero-order valence-electron chi connectivity index (χ0n) is 23.1. The van der Waals surface area contributed by atoms with Gasteiger partial charge in [-0.1, -0.05) is 12.1 Å². The summed E-state index contributed by atoms with van der Waals surface area (Å²) in [5, 5.41) is 0. The molecule has 0 aliphatic carbocycles. The van der Waals surface area contributed by atoms with Gasteiger partial charge in [0.1, 0.15) is 17.2 Å². The minimum absolute atomic E-state index is 0.0415. The van der Waals surface area contributed by atoms with Crippen molar-refractivity contribution in [1.29, 1.82) is 0 Å². The number of rotatable bonds is 7. The lowest BCUT2D eigenvalue weighted by Crippen LogP contribution is -2.39. The predicted octanol–water partition coefficient (Wildman–Crippen LogP) is 5.34. The molecule has 11 nitrogen and oxygen atoms in total. The highest BCUT2D eigenvalue weighted by molar-refractivity contribution is 7.46. The molecule has 0 spiro atoms. The Balaban J connectivity index is 1.47. The summed E-state index contributed by atoms with van der Waals surface area (Å²) < 4.78 is 50.0. The van der Waals surface area contributed by atoms with Crippen LogP contribution in [0.4, 0.5) is 8.78 Å². The second kappa shape index (κ2) is 9.91. The Morgan fingerprint density at radius 1 is 1.07 bits per heavy atom. The molecule has 0 saturated heterocycles. The van der Waals surface area contributed by atoms with Crippen LogP contribution >= 0.6 is 7.82 Å². The summed E-state index contributed by atoms with van der Waals surface area (Å²) in [5.41, 5.74) is 2.06. The fraction of sp³-hybridized carbons (Fsp3) is 0.357. The van der Waals surface area contributed by atoms with Gasteiger partial charge in [-0.2, -0.15) is 8.78 Å². The van der Waals surface area contributed by atoms with Crippen molar-refractivity contribution >= 4 is 24.8 Å². The quantitative estimate of drug-likeness (QED) is 0.270. The van der Waals surface area contributed by atoms with E-state index in [0.717, 1.165) is 11.1 Å². The van der Waals surface area contributed by atoms with Crippen molar-refractivity contribution < 1.29 is 37.2 Å². The number of ether oxygens (including phenoxy) is 1. The van der Waals surface area contributed by atoms with Crippen molar-refractivity contribution in [3.8, 4) is 16.9 Å². The number of hydrogen-bond acceptors (Lipinski definition) is 7. The van der Waals surface area contributed by atoms with Gasteiger partial charge in [0.05, 0.1) is 23.1 Å². The Kier molecular flexibility index (Phi) is 6.69. The highest BCUT2D eigenvalue weighted by Gasteiger charge is 2.47. The predicted molar refractivity (Wildman–Crippen MR) is 147 cm³/mol. The molecule has 2 aromatic carbocycles. The van der Waals surface area contributed by atoms with Gasteiger partial charge >= 0.3 is 14.4 Å². The van der Waals surface area contributed by atoms with Crippen LogP contribution < -0.4 is 4.74 Å². The maximum absolute atomic E-state index is 13.7. The van der Waals surface area contributed by atoms with Crippen molar-refractivity contribution in [2.24, 2.45) is 0 Å². The van der Waals surface area contributed by atoms with Gasteiger partial charge in [0.15, 0.2) is 5.82 Å². The van der Waals surface area contributed by atoms with E-state index in [-0.39, 0.29) is 29.6 Å². The number of phosphoric acid groups is 1. The lowest BCUT2D eigenvalue weighted by molar-refractivity contribution is -0.0507. The summed E-state index contributed by atoms with van der Waals surface area (Å²) in [6.45, 7) is 3.68. The maximum atomic E-state index is 13.7. The summed E-state index contributed by atoms with van der Waals surface area (Å²) in [5.74, 6) is 0.455. The zero-order valence-corrected chi connectivity index (χ0v) is 24.0. The second-order valence-corrected chi connectivity index (χ2v) is 12.3. The molecule has 4 heterocycles. The van der Waals surface area contributed by atoms with Crippen molar-refractivity contribution in [3.63, 3.8) is 0 Å². The number of benzene rings is 2. The molecule has 0 unspecified atom stereocenters. The number of carbonyl (C=O) groups excluding carboxylic acids is 1. The summed E-state index contributed by atoms with van der Waals surface area (Å²) in [7, 11) is -4.78. The molecule has 0 fully saturated rings. The lowest BCUT2D eigenvalue weighted by Gasteiger charge is -2.31. The largest absolute Gasteiger partial charge is 0.470 e. The van der Waals surface area contributed by atoms with Crippen molar-refractivity contribution in [2.45, 2.75) is 64.5 Å². The van der Waals surface area contributed by atoms with Crippen LogP contribution in [0.25, 0.3) is 22.2 Å². The molecule has 4 aromatic rings. The molecule has 42 heavy (non-hydrogen) atoms. The molecule has 1 amide bonds. The number of halogens is 2. The molecule has 2 aliphatic rings. The Hall–Kier alpha value is -3.77. The minimum Gasteiger partial charge on any atom is -0.434 e. The Labute approximate surface area is 239 Å². The third-order valence-electron chi connectivity index (χ3n) is 7.62. The van der Waals surface area contributed by atoms with E-state index in [1.165, 1.54) is 32.3 Å². The van der Waals surface area contributed by atoms with Crippen LogP contribution in [-0.2, 0) is 14.7 Å². The Morgan fingerprint density at radius 2 is 1.79 bits per heavy atom. The van der Waals surface area contributed by atoms with Crippen LogP contribution in [0.2, 0.25) is 0 Å². The van der Waals surface area contributed by atoms with Crippen LogP contribution in [0.1, 0.15) is 73.8 Å². The molecular formula is C28H28F2N5O6P. The van der Waals surface area contributed by atoms with E-state index < -0.39 is 26.1 Å².